The van der Waals surface area contributed by atoms with Gasteiger partial charge in [0.05, 0.1) is 35.0 Å². The molecule has 0 aromatic heterocycles. The summed E-state index contributed by atoms with van der Waals surface area (Å²) in [5, 5.41) is 10.3. The summed E-state index contributed by atoms with van der Waals surface area (Å²) in [4.78, 5) is 0. The molecule has 1 N–H and O–H groups in total. The number of fused-ring (bicyclic) bond motifs is 1. The lowest BCUT2D eigenvalue weighted by Gasteiger charge is -2.36. The topological polar surface area (TPSA) is 66.4 Å². The summed E-state index contributed by atoms with van der Waals surface area (Å²) in [5.41, 5.74) is 6.10. The molecule has 0 saturated heterocycles. The van der Waals surface area contributed by atoms with E-state index in [1.165, 1.54) is 0 Å². The van der Waals surface area contributed by atoms with E-state index in [0.717, 1.165) is 44.9 Å². The molecule has 4 rings (SSSR count). The lowest BCUT2D eigenvalue weighted by atomic mass is 9.74. The summed E-state index contributed by atoms with van der Waals surface area (Å²) in [6, 6.07) is 12.0. The molecule has 2 unspecified atom stereocenters. The molecule has 1 aliphatic rings. The zero-order chi connectivity index (χ0) is 24.6. The molecule has 0 aliphatic carbocycles. The van der Waals surface area contributed by atoms with Crippen LogP contribution in [0.5, 0.6) is 34.5 Å². The van der Waals surface area contributed by atoms with Crippen LogP contribution < -0.4 is 23.7 Å². The number of aryl methyl sites for hydroxylation is 2. The summed E-state index contributed by atoms with van der Waals surface area (Å²) < 4.78 is 28.7. The number of phenols is 1. The molecule has 6 heteroatoms. The van der Waals surface area contributed by atoms with Crippen molar-refractivity contribution in [2.24, 2.45) is 0 Å². The third kappa shape index (κ3) is 3.87. The van der Waals surface area contributed by atoms with Crippen LogP contribution >= 0.6 is 0 Å². The quantitative estimate of drug-likeness (QED) is 0.508. The number of benzene rings is 3. The Hall–Kier alpha value is -3.54. The second-order valence-corrected chi connectivity index (χ2v) is 8.67. The van der Waals surface area contributed by atoms with Crippen LogP contribution in [0.15, 0.2) is 36.4 Å². The smallest absolute Gasteiger partial charge is 0.203 e. The van der Waals surface area contributed by atoms with Crippen LogP contribution in [0.3, 0.4) is 0 Å². The first-order chi connectivity index (χ1) is 16.3. The van der Waals surface area contributed by atoms with E-state index in [4.69, 9.17) is 23.7 Å². The molecule has 0 amide bonds. The molecular weight excluding hydrogens is 432 g/mol. The molecule has 0 spiro atoms. The van der Waals surface area contributed by atoms with Gasteiger partial charge in [-0.25, -0.2) is 0 Å². The molecule has 0 bridgehead atoms. The molecular formula is C28H32O6. The van der Waals surface area contributed by atoms with Crippen molar-refractivity contribution >= 4 is 0 Å². The Morgan fingerprint density at radius 2 is 1.35 bits per heavy atom. The van der Waals surface area contributed by atoms with Crippen LogP contribution in [0.25, 0.3) is 0 Å². The van der Waals surface area contributed by atoms with Gasteiger partial charge in [0.2, 0.25) is 5.75 Å². The minimum Gasteiger partial charge on any atom is -0.508 e. The minimum atomic E-state index is -0.0302. The van der Waals surface area contributed by atoms with Gasteiger partial charge in [0.15, 0.2) is 11.5 Å². The predicted octanol–water partition coefficient (Wildman–Crippen LogP) is 5.66. The highest BCUT2D eigenvalue weighted by atomic mass is 16.5. The number of rotatable bonds is 6. The van der Waals surface area contributed by atoms with Gasteiger partial charge in [-0.2, -0.15) is 0 Å². The fraction of sp³-hybridized carbons (Fsp3) is 0.357. The Kier molecular flexibility index (Phi) is 6.51. The van der Waals surface area contributed by atoms with Gasteiger partial charge in [-0.05, 0) is 61.2 Å². The number of hydrogen-bond acceptors (Lipinski definition) is 6. The Morgan fingerprint density at radius 3 is 1.88 bits per heavy atom. The third-order valence-corrected chi connectivity index (χ3v) is 6.71. The largest absolute Gasteiger partial charge is 0.508 e. The highest BCUT2D eigenvalue weighted by Gasteiger charge is 2.36. The van der Waals surface area contributed by atoms with Crippen LogP contribution in [0, 0.1) is 20.8 Å². The summed E-state index contributed by atoms with van der Waals surface area (Å²) in [5.74, 6) is 3.56. The van der Waals surface area contributed by atoms with Crippen molar-refractivity contribution in [2.75, 3.05) is 35.0 Å². The van der Waals surface area contributed by atoms with E-state index in [0.29, 0.717) is 23.9 Å². The number of ether oxygens (including phenoxy) is 5. The Bertz CT molecular complexity index is 1170. The van der Waals surface area contributed by atoms with Gasteiger partial charge in [0, 0.05) is 23.0 Å². The van der Waals surface area contributed by atoms with Gasteiger partial charge >= 0.3 is 0 Å². The molecule has 1 aliphatic heterocycles. The van der Waals surface area contributed by atoms with Gasteiger partial charge in [0.1, 0.15) is 17.2 Å². The lowest BCUT2D eigenvalue weighted by Crippen LogP contribution is -2.26. The molecule has 2 atom stereocenters. The van der Waals surface area contributed by atoms with E-state index in [1.54, 1.807) is 34.5 Å². The van der Waals surface area contributed by atoms with E-state index < -0.39 is 0 Å². The van der Waals surface area contributed by atoms with E-state index in [1.807, 2.05) is 25.1 Å². The van der Waals surface area contributed by atoms with E-state index >= 15 is 0 Å². The van der Waals surface area contributed by atoms with Crippen molar-refractivity contribution in [1.82, 2.24) is 0 Å². The molecule has 0 saturated carbocycles. The molecule has 1 heterocycles. The van der Waals surface area contributed by atoms with Crippen molar-refractivity contribution in [1.29, 1.82) is 0 Å². The van der Waals surface area contributed by atoms with Gasteiger partial charge in [-0.1, -0.05) is 18.2 Å². The molecule has 6 nitrogen and oxygen atoms in total. The second kappa shape index (κ2) is 9.37. The summed E-state index contributed by atoms with van der Waals surface area (Å²) in [6.07, 6.45) is 0. The predicted molar refractivity (Wildman–Crippen MR) is 131 cm³/mol. The summed E-state index contributed by atoms with van der Waals surface area (Å²) in [6.45, 7) is 6.44. The SMILES string of the molecule is COc1cc(C2COc3c(ccc(O)c3C)C2c2cc(C)c(OC)c(C)c2)cc(OC)c1OC. The number of hydrogen-bond donors (Lipinski definition) is 1. The van der Waals surface area contributed by atoms with Gasteiger partial charge in [0.25, 0.3) is 0 Å². The first-order valence-electron chi connectivity index (χ1n) is 11.2. The van der Waals surface area contributed by atoms with Gasteiger partial charge in [-0.15, -0.1) is 0 Å². The van der Waals surface area contributed by atoms with Crippen molar-refractivity contribution in [3.05, 3.63) is 69.8 Å². The van der Waals surface area contributed by atoms with E-state index in [2.05, 4.69) is 26.0 Å². The maximum absolute atomic E-state index is 10.3. The molecule has 0 fully saturated rings. The standard InChI is InChI=1S/C28H32O6/c1-15-10-19(11-16(2)26(15)32-6)25-20-8-9-22(29)17(3)27(20)34-14-21(25)18-12-23(30-4)28(33-7)24(13-18)31-5/h8-13,21,25,29H,14H2,1-7H3. The zero-order valence-corrected chi connectivity index (χ0v) is 20.8. The number of aromatic hydroxyl groups is 1. The highest BCUT2D eigenvalue weighted by Crippen LogP contribution is 2.51. The fourth-order valence-electron chi connectivity index (χ4n) is 5.13. The lowest BCUT2D eigenvalue weighted by molar-refractivity contribution is 0.244. The Balaban J connectivity index is 1.95. The van der Waals surface area contributed by atoms with Crippen LogP contribution in [0.4, 0.5) is 0 Å². The third-order valence-electron chi connectivity index (χ3n) is 6.71. The van der Waals surface area contributed by atoms with Crippen LogP contribution in [-0.2, 0) is 0 Å². The molecule has 34 heavy (non-hydrogen) atoms. The first-order valence-corrected chi connectivity index (χ1v) is 11.2. The molecule has 3 aromatic rings. The van der Waals surface area contributed by atoms with E-state index in [9.17, 15) is 5.11 Å². The average Bonchev–Trinajstić information content (AvgIpc) is 2.84. The van der Waals surface area contributed by atoms with Gasteiger partial charge in [-0.3, -0.25) is 0 Å². The molecule has 180 valence electrons. The zero-order valence-electron chi connectivity index (χ0n) is 20.8. The second-order valence-electron chi connectivity index (χ2n) is 8.67. The van der Waals surface area contributed by atoms with Crippen molar-refractivity contribution in [3.8, 4) is 34.5 Å². The maximum atomic E-state index is 10.3. The van der Waals surface area contributed by atoms with Crippen LogP contribution in [-0.4, -0.2) is 40.2 Å². The molecule has 3 aromatic carbocycles. The normalized spacial score (nSPS) is 16.9. The van der Waals surface area contributed by atoms with Crippen LogP contribution in [0.2, 0.25) is 0 Å². The van der Waals surface area contributed by atoms with Gasteiger partial charge < -0.3 is 28.8 Å². The van der Waals surface area contributed by atoms with Crippen LogP contribution in [0.1, 0.15) is 45.2 Å². The number of phenolic OH excluding ortho intramolecular Hbond substituents is 1. The Labute approximate surface area is 201 Å². The maximum Gasteiger partial charge on any atom is 0.203 e. The minimum absolute atomic E-state index is 0.0193. The highest BCUT2D eigenvalue weighted by molar-refractivity contribution is 5.59. The van der Waals surface area contributed by atoms with Crippen molar-refractivity contribution < 1.29 is 28.8 Å². The summed E-state index contributed by atoms with van der Waals surface area (Å²) >= 11 is 0. The van der Waals surface area contributed by atoms with Crippen molar-refractivity contribution in [2.45, 2.75) is 32.6 Å². The van der Waals surface area contributed by atoms with E-state index in [-0.39, 0.29) is 17.6 Å². The Morgan fingerprint density at radius 1 is 0.765 bits per heavy atom. The first kappa shape index (κ1) is 23.6. The summed E-state index contributed by atoms with van der Waals surface area (Å²) in [7, 11) is 6.53. The number of methoxy groups -OCH3 is 4. The monoisotopic (exact) mass is 464 g/mol. The fourth-order valence-corrected chi connectivity index (χ4v) is 5.13. The molecule has 0 radical (unpaired) electrons. The average molecular weight is 465 g/mol. The van der Waals surface area contributed by atoms with Crippen molar-refractivity contribution in [3.63, 3.8) is 0 Å².